The summed E-state index contributed by atoms with van der Waals surface area (Å²) in [6, 6.07) is 5.38. The molecule has 1 aromatic rings. The fourth-order valence-electron chi connectivity index (χ4n) is 2.01. The first kappa shape index (κ1) is 15.2. The predicted octanol–water partition coefficient (Wildman–Crippen LogP) is 1.09. The van der Waals surface area contributed by atoms with Gasteiger partial charge >= 0.3 is 0 Å². The molecule has 0 spiro atoms. The van der Waals surface area contributed by atoms with Gasteiger partial charge in [-0.05, 0) is 56.2 Å². The second-order valence-electron chi connectivity index (χ2n) is 5.13. The highest BCUT2D eigenvalue weighted by atomic mass is 32.1. The molecule has 112 valence electrons. The summed E-state index contributed by atoms with van der Waals surface area (Å²) >= 11 is 5.02. The first-order valence-corrected chi connectivity index (χ1v) is 7.16. The number of benzene rings is 1. The third-order valence-electron chi connectivity index (χ3n) is 2.97. The van der Waals surface area contributed by atoms with Crippen molar-refractivity contribution in [3.05, 3.63) is 29.3 Å². The van der Waals surface area contributed by atoms with E-state index in [2.05, 4.69) is 21.5 Å². The summed E-state index contributed by atoms with van der Waals surface area (Å²) in [6.45, 7) is 3.90. The zero-order chi connectivity index (χ0) is 15.4. The van der Waals surface area contributed by atoms with E-state index in [4.69, 9.17) is 12.2 Å². The van der Waals surface area contributed by atoms with Gasteiger partial charge in [-0.1, -0.05) is 0 Å². The number of hydrogen-bond donors (Lipinski definition) is 4. The van der Waals surface area contributed by atoms with Gasteiger partial charge in [-0.15, -0.1) is 0 Å². The summed E-state index contributed by atoms with van der Waals surface area (Å²) in [4.78, 5) is 23.3. The van der Waals surface area contributed by atoms with Crippen LogP contribution in [-0.2, 0) is 11.2 Å². The van der Waals surface area contributed by atoms with E-state index in [-0.39, 0.29) is 17.9 Å². The Morgan fingerprint density at radius 1 is 1.29 bits per heavy atom. The van der Waals surface area contributed by atoms with Crippen molar-refractivity contribution in [2.75, 3.05) is 5.32 Å². The maximum absolute atomic E-state index is 12.0. The molecule has 1 aliphatic heterocycles. The lowest BCUT2D eigenvalue weighted by molar-refractivity contribution is -0.116. The molecule has 2 rings (SSSR count). The minimum atomic E-state index is -0.275. The largest absolute Gasteiger partial charge is 0.359 e. The lowest BCUT2D eigenvalue weighted by Crippen LogP contribution is -2.48. The third kappa shape index (κ3) is 4.16. The van der Waals surface area contributed by atoms with E-state index in [1.54, 1.807) is 18.2 Å². The van der Waals surface area contributed by atoms with E-state index in [0.717, 1.165) is 11.3 Å². The molecule has 1 heterocycles. The van der Waals surface area contributed by atoms with Gasteiger partial charge in [0.05, 0.1) is 0 Å². The van der Waals surface area contributed by atoms with E-state index in [1.165, 1.54) is 0 Å². The number of anilines is 1. The van der Waals surface area contributed by atoms with Crippen molar-refractivity contribution in [2.24, 2.45) is 0 Å². The number of carbonyl (C=O) groups excluding carboxylic acids is 2. The summed E-state index contributed by atoms with van der Waals surface area (Å²) in [7, 11) is 0. The molecule has 1 aliphatic rings. The molecule has 0 atom stereocenters. The van der Waals surface area contributed by atoms with Crippen LogP contribution in [0.2, 0.25) is 0 Å². The summed E-state index contributed by atoms with van der Waals surface area (Å²) in [5.41, 5.74) is 7.44. The molecule has 7 heteroatoms. The van der Waals surface area contributed by atoms with Gasteiger partial charge < -0.3 is 10.6 Å². The van der Waals surface area contributed by atoms with Crippen molar-refractivity contribution in [3.63, 3.8) is 0 Å². The van der Waals surface area contributed by atoms with Crippen molar-refractivity contribution in [2.45, 2.75) is 32.7 Å². The van der Waals surface area contributed by atoms with Gasteiger partial charge in [0.25, 0.3) is 5.91 Å². The van der Waals surface area contributed by atoms with Crippen LogP contribution < -0.4 is 21.5 Å². The number of nitrogens with one attached hydrogen (secondary N) is 4. The molecule has 0 fully saturated rings. The average molecular weight is 306 g/mol. The van der Waals surface area contributed by atoms with Crippen molar-refractivity contribution < 1.29 is 9.59 Å². The highest BCUT2D eigenvalue weighted by Gasteiger charge is 2.16. The van der Waals surface area contributed by atoms with Crippen molar-refractivity contribution in [1.29, 1.82) is 0 Å². The molecule has 1 aromatic carbocycles. The normalized spacial score (nSPS) is 13.2. The van der Waals surface area contributed by atoms with Crippen molar-refractivity contribution in [1.82, 2.24) is 16.2 Å². The average Bonchev–Trinajstić information content (AvgIpc) is 2.43. The number of hydrogen-bond acceptors (Lipinski definition) is 3. The van der Waals surface area contributed by atoms with Crippen LogP contribution in [0.5, 0.6) is 0 Å². The Hall–Kier alpha value is -2.15. The fourth-order valence-corrected chi connectivity index (χ4v) is 2.30. The van der Waals surface area contributed by atoms with E-state index >= 15 is 0 Å². The van der Waals surface area contributed by atoms with Crippen molar-refractivity contribution >= 4 is 34.8 Å². The molecule has 0 saturated carbocycles. The molecular formula is C14H18N4O2S. The molecule has 0 unspecified atom stereocenters. The van der Waals surface area contributed by atoms with Gasteiger partial charge in [-0.25, -0.2) is 0 Å². The molecule has 4 N–H and O–H groups in total. The van der Waals surface area contributed by atoms with Gasteiger partial charge in [0.15, 0.2) is 5.11 Å². The maximum atomic E-state index is 12.0. The number of thiocarbonyl (C=S) groups is 1. The standard InChI is InChI=1S/C14H18N4O2S/c1-8(2)15-14(21)18-17-13(20)10-3-5-11-9(7-10)4-6-12(19)16-11/h3,5,7-8H,4,6H2,1-2H3,(H,16,19)(H,17,20)(H2,15,18,21). The van der Waals surface area contributed by atoms with Gasteiger partial charge in [0.1, 0.15) is 0 Å². The Balaban J connectivity index is 1.97. The second-order valence-corrected chi connectivity index (χ2v) is 5.54. The molecule has 0 aromatic heterocycles. The number of aryl methyl sites for hydroxylation is 1. The van der Waals surface area contributed by atoms with Crippen LogP contribution in [0, 0.1) is 0 Å². The first-order valence-electron chi connectivity index (χ1n) is 6.75. The fraction of sp³-hybridized carbons (Fsp3) is 0.357. The quantitative estimate of drug-likeness (QED) is 0.486. The number of hydrazine groups is 1. The predicted molar refractivity (Wildman–Crippen MR) is 84.9 cm³/mol. The molecule has 0 aliphatic carbocycles. The summed E-state index contributed by atoms with van der Waals surface area (Å²) in [5, 5.41) is 6.11. The van der Waals surface area contributed by atoms with Gasteiger partial charge in [0, 0.05) is 23.7 Å². The van der Waals surface area contributed by atoms with Crippen LogP contribution in [0.1, 0.15) is 36.2 Å². The molecule has 21 heavy (non-hydrogen) atoms. The first-order chi connectivity index (χ1) is 9.95. The number of rotatable bonds is 2. The van der Waals surface area contributed by atoms with E-state index in [0.29, 0.717) is 23.5 Å². The van der Waals surface area contributed by atoms with Crippen LogP contribution in [0.15, 0.2) is 18.2 Å². The Labute approximate surface area is 128 Å². The summed E-state index contributed by atoms with van der Waals surface area (Å²) in [6.07, 6.45) is 1.09. The molecule has 2 amide bonds. The van der Waals surface area contributed by atoms with Gasteiger partial charge in [0.2, 0.25) is 5.91 Å². The van der Waals surface area contributed by atoms with Gasteiger partial charge in [-0.3, -0.25) is 20.4 Å². The molecule has 0 bridgehead atoms. The van der Waals surface area contributed by atoms with E-state index in [9.17, 15) is 9.59 Å². The number of amides is 2. The lowest BCUT2D eigenvalue weighted by atomic mass is 10.0. The summed E-state index contributed by atoms with van der Waals surface area (Å²) < 4.78 is 0. The zero-order valence-electron chi connectivity index (χ0n) is 11.9. The topological polar surface area (TPSA) is 82.3 Å². The monoisotopic (exact) mass is 306 g/mol. The Kier molecular flexibility index (Phi) is 4.74. The highest BCUT2D eigenvalue weighted by molar-refractivity contribution is 7.80. The summed E-state index contributed by atoms with van der Waals surface area (Å²) in [5.74, 6) is -0.269. The van der Waals surface area contributed by atoms with Crippen LogP contribution in [0.3, 0.4) is 0 Å². The third-order valence-corrected chi connectivity index (χ3v) is 3.19. The Morgan fingerprint density at radius 2 is 2.05 bits per heavy atom. The van der Waals surface area contributed by atoms with Crippen molar-refractivity contribution in [3.8, 4) is 0 Å². The minimum Gasteiger partial charge on any atom is -0.359 e. The zero-order valence-corrected chi connectivity index (χ0v) is 12.8. The molecule has 6 nitrogen and oxygen atoms in total. The Bertz CT molecular complexity index is 586. The maximum Gasteiger partial charge on any atom is 0.269 e. The smallest absolute Gasteiger partial charge is 0.269 e. The SMILES string of the molecule is CC(C)NC(=S)NNC(=O)c1ccc2c(c1)CCC(=O)N2. The van der Waals surface area contributed by atoms with E-state index in [1.807, 2.05) is 13.8 Å². The van der Waals surface area contributed by atoms with Crippen LogP contribution in [0.4, 0.5) is 5.69 Å². The lowest BCUT2D eigenvalue weighted by Gasteiger charge is -2.18. The Morgan fingerprint density at radius 3 is 2.76 bits per heavy atom. The molecular weight excluding hydrogens is 288 g/mol. The number of carbonyl (C=O) groups is 2. The minimum absolute atomic E-state index is 0.00600. The molecule has 0 radical (unpaired) electrons. The molecule has 0 saturated heterocycles. The van der Waals surface area contributed by atoms with Gasteiger partial charge in [-0.2, -0.15) is 0 Å². The van der Waals surface area contributed by atoms with Crippen LogP contribution >= 0.6 is 12.2 Å². The highest BCUT2D eigenvalue weighted by Crippen LogP contribution is 2.23. The number of fused-ring (bicyclic) bond motifs is 1. The van der Waals surface area contributed by atoms with Crippen LogP contribution in [0.25, 0.3) is 0 Å². The van der Waals surface area contributed by atoms with E-state index < -0.39 is 0 Å². The second kappa shape index (κ2) is 6.53. The van der Waals surface area contributed by atoms with Crippen LogP contribution in [-0.4, -0.2) is 23.0 Å².